The van der Waals surface area contributed by atoms with Crippen molar-refractivity contribution in [1.82, 2.24) is 14.1 Å². The Kier molecular flexibility index (Phi) is 5.36. The largest absolute Gasteiger partial charge is 0.279 e. The summed E-state index contributed by atoms with van der Waals surface area (Å²) >= 11 is 0. The molecule has 3 heteroatoms. The normalized spacial score (nSPS) is 14.4. The lowest BCUT2D eigenvalue weighted by Crippen LogP contribution is -2.30. The Hall–Kier alpha value is -5.41. The minimum Gasteiger partial charge on any atom is -0.279 e. The van der Waals surface area contributed by atoms with Crippen LogP contribution < -0.4 is 10.6 Å². The monoisotopic (exact) mass is 525 g/mol. The van der Waals surface area contributed by atoms with Gasteiger partial charge < -0.3 is 0 Å². The molecule has 1 aliphatic rings. The predicted molar refractivity (Wildman–Crippen MR) is 171 cm³/mol. The summed E-state index contributed by atoms with van der Waals surface area (Å²) in [6, 6.07) is 44.8. The average Bonchev–Trinajstić information content (AvgIpc) is 3.55. The van der Waals surface area contributed by atoms with Gasteiger partial charge in [0.2, 0.25) is 5.95 Å². The molecule has 2 aromatic heterocycles. The lowest BCUT2D eigenvalue weighted by Gasteiger charge is -2.15. The van der Waals surface area contributed by atoms with Gasteiger partial charge in [0, 0.05) is 16.3 Å². The van der Waals surface area contributed by atoms with E-state index >= 15 is 0 Å². The highest BCUT2D eigenvalue weighted by atomic mass is 15.2. The van der Waals surface area contributed by atoms with Crippen molar-refractivity contribution in [1.29, 1.82) is 0 Å². The molecule has 0 fully saturated rings. The van der Waals surface area contributed by atoms with E-state index in [4.69, 9.17) is 4.98 Å². The van der Waals surface area contributed by atoms with Crippen molar-refractivity contribution >= 4 is 39.7 Å². The molecule has 0 N–H and O–H groups in total. The van der Waals surface area contributed by atoms with Gasteiger partial charge in [-0.25, -0.2) is 4.98 Å². The van der Waals surface area contributed by atoms with E-state index in [9.17, 15) is 0 Å². The average molecular weight is 526 g/mol. The van der Waals surface area contributed by atoms with Gasteiger partial charge in [-0.05, 0) is 70.7 Å². The van der Waals surface area contributed by atoms with Gasteiger partial charge in [0.15, 0.2) is 0 Å². The standard InChI is InChI=1S/C38H27N3/c1-26-25-33-32-19-9-11-21-35(32)41(38-39-34-20-10-12-22-37(34)40(38)28-14-3-2-4-15-28)36(33)24-23-27-13-5-6-17-30(27)31-18-8-7-16-29(26)31/h2-22,24-25H,1,23H2/b33-25-,36-24+. The van der Waals surface area contributed by atoms with Crippen LogP contribution in [-0.2, 0) is 6.42 Å². The molecule has 0 aliphatic heterocycles. The summed E-state index contributed by atoms with van der Waals surface area (Å²) in [7, 11) is 0. The van der Waals surface area contributed by atoms with Gasteiger partial charge in [0.25, 0.3) is 0 Å². The van der Waals surface area contributed by atoms with Crippen LogP contribution in [0.3, 0.4) is 0 Å². The quantitative estimate of drug-likeness (QED) is 0.230. The molecule has 0 bridgehead atoms. The van der Waals surface area contributed by atoms with Crippen molar-refractivity contribution in [2.24, 2.45) is 0 Å². The number of benzene rings is 5. The third kappa shape index (κ3) is 3.70. The Balaban J connectivity index is 1.53. The topological polar surface area (TPSA) is 22.8 Å². The van der Waals surface area contributed by atoms with E-state index in [1.165, 1.54) is 22.1 Å². The maximum atomic E-state index is 5.25. The summed E-state index contributed by atoms with van der Waals surface area (Å²) in [6.45, 7) is 4.59. The highest BCUT2D eigenvalue weighted by Crippen LogP contribution is 2.33. The Morgan fingerprint density at radius 2 is 1.24 bits per heavy atom. The lowest BCUT2D eigenvalue weighted by atomic mass is 9.90. The number of aromatic nitrogens is 3. The molecule has 0 radical (unpaired) electrons. The molecule has 2 heterocycles. The van der Waals surface area contributed by atoms with Gasteiger partial charge in [-0.15, -0.1) is 0 Å². The summed E-state index contributed by atoms with van der Waals surface area (Å²) in [6.07, 6.45) is 5.41. The van der Waals surface area contributed by atoms with Crippen LogP contribution in [0.15, 0.2) is 134 Å². The first-order valence-electron chi connectivity index (χ1n) is 14.0. The molecule has 194 valence electrons. The number of para-hydroxylation sites is 4. The van der Waals surface area contributed by atoms with E-state index < -0.39 is 0 Å². The SMILES string of the molecule is C=C1/C=c2\c(n(-c3nc4ccccc4n3-c3ccccc3)c3ccccc23)=C/Cc2ccccc2-c2ccccc21. The van der Waals surface area contributed by atoms with Crippen molar-refractivity contribution in [3.05, 3.63) is 156 Å². The number of hydrogen-bond acceptors (Lipinski definition) is 1. The Bertz CT molecular complexity index is 2250. The van der Waals surface area contributed by atoms with E-state index in [0.717, 1.165) is 56.3 Å². The van der Waals surface area contributed by atoms with E-state index in [0.29, 0.717) is 0 Å². The molecule has 3 nitrogen and oxygen atoms in total. The number of nitrogens with zero attached hydrogens (tertiary/aromatic N) is 3. The number of rotatable bonds is 2. The summed E-state index contributed by atoms with van der Waals surface area (Å²) < 4.78 is 4.60. The van der Waals surface area contributed by atoms with Crippen LogP contribution in [0.1, 0.15) is 11.1 Å². The van der Waals surface area contributed by atoms with Crippen molar-refractivity contribution in [2.45, 2.75) is 6.42 Å². The second kappa shape index (κ2) is 9.35. The highest BCUT2D eigenvalue weighted by Gasteiger charge is 2.19. The molecule has 0 spiro atoms. The molecule has 7 aromatic rings. The van der Waals surface area contributed by atoms with Crippen LogP contribution in [0.25, 0.3) is 62.4 Å². The van der Waals surface area contributed by atoms with Gasteiger partial charge in [0.05, 0.1) is 21.9 Å². The van der Waals surface area contributed by atoms with E-state index in [2.05, 4.69) is 155 Å². The second-order valence-electron chi connectivity index (χ2n) is 10.5. The first-order chi connectivity index (χ1) is 20.3. The van der Waals surface area contributed by atoms with Crippen LogP contribution in [0.2, 0.25) is 0 Å². The molecule has 0 saturated heterocycles. The van der Waals surface area contributed by atoms with Crippen LogP contribution in [0.4, 0.5) is 0 Å². The third-order valence-electron chi connectivity index (χ3n) is 8.12. The molecule has 8 rings (SSSR count). The Labute approximate surface area is 238 Å². The lowest BCUT2D eigenvalue weighted by molar-refractivity contribution is 0.907. The van der Waals surface area contributed by atoms with E-state index in [1.54, 1.807) is 0 Å². The zero-order valence-corrected chi connectivity index (χ0v) is 22.5. The summed E-state index contributed by atoms with van der Waals surface area (Å²) in [4.78, 5) is 5.25. The van der Waals surface area contributed by atoms with Crippen LogP contribution >= 0.6 is 0 Å². The molecular formula is C38H27N3. The molecule has 41 heavy (non-hydrogen) atoms. The van der Waals surface area contributed by atoms with Crippen LogP contribution in [-0.4, -0.2) is 14.1 Å². The maximum Gasteiger partial charge on any atom is 0.220 e. The predicted octanol–water partition coefficient (Wildman–Crippen LogP) is 7.47. The van der Waals surface area contributed by atoms with Gasteiger partial charge in [-0.3, -0.25) is 9.13 Å². The minimum atomic E-state index is 0.791. The number of imidazole rings is 1. The Morgan fingerprint density at radius 1 is 0.585 bits per heavy atom. The van der Waals surface area contributed by atoms with Gasteiger partial charge in [-0.1, -0.05) is 110 Å². The van der Waals surface area contributed by atoms with Crippen LogP contribution in [0, 0.1) is 0 Å². The van der Waals surface area contributed by atoms with Gasteiger partial charge in [0.1, 0.15) is 0 Å². The molecule has 1 aliphatic carbocycles. The van der Waals surface area contributed by atoms with Crippen molar-refractivity contribution < 1.29 is 0 Å². The Morgan fingerprint density at radius 3 is 2.10 bits per heavy atom. The number of fused-ring (bicyclic) bond motifs is 7. The van der Waals surface area contributed by atoms with Crippen molar-refractivity contribution in [3.63, 3.8) is 0 Å². The van der Waals surface area contributed by atoms with Crippen molar-refractivity contribution in [3.8, 4) is 22.8 Å². The molecule has 5 aromatic carbocycles. The first-order valence-corrected chi connectivity index (χ1v) is 14.0. The molecule has 0 amide bonds. The first kappa shape index (κ1) is 23.5. The third-order valence-corrected chi connectivity index (χ3v) is 8.12. The highest BCUT2D eigenvalue weighted by molar-refractivity contribution is 5.97. The zero-order chi connectivity index (χ0) is 27.3. The fourth-order valence-corrected chi connectivity index (χ4v) is 6.27. The zero-order valence-electron chi connectivity index (χ0n) is 22.5. The number of hydrogen-bond donors (Lipinski definition) is 0. The van der Waals surface area contributed by atoms with Gasteiger partial charge in [-0.2, -0.15) is 0 Å². The smallest absolute Gasteiger partial charge is 0.220 e. The minimum absolute atomic E-state index is 0.791. The second-order valence-corrected chi connectivity index (χ2v) is 10.5. The van der Waals surface area contributed by atoms with E-state index in [1.807, 2.05) is 0 Å². The fourth-order valence-electron chi connectivity index (χ4n) is 6.27. The molecular weight excluding hydrogens is 498 g/mol. The number of allylic oxidation sites excluding steroid dienone is 1. The summed E-state index contributed by atoms with van der Waals surface area (Å²) in [5.41, 5.74) is 10.1. The van der Waals surface area contributed by atoms with E-state index in [-0.39, 0.29) is 0 Å². The summed E-state index contributed by atoms with van der Waals surface area (Å²) in [5, 5.41) is 3.46. The van der Waals surface area contributed by atoms with Crippen molar-refractivity contribution in [2.75, 3.05) is 0 Å². The molecule has 0 saturated carbocycles. The maximum absolute atomic E-state index is 5.25. The fraction of sp³-hybridized carbons (Fsp3) is 0.0263. The van der Waals surface area contributed by atoms with Crippen LogP contribution in [0.5, 0.6) is 0 Å². The molecule has 0 atom stereocenters. The summed E-state index contributed by atoms with van der Waals surface area (Å²) in [5.74, 6) is 0.871. The van der Waals surface area contributed by atoms with Gasteiger partial charge >= 0.3 is 0 Å². The molecule has 0 unspecified atom stereocenters.